The molecule has 0 fully saturated rings. The van der Waals surface area contributed by atoms with Crippen molar-refractivity contribution in [2.45, 2.75) is 32.2 Å². The maximum atomic E-state index is 13.7. The number of halogens is 3. The Morgan fingerprint density at radius 2 is 2.12 bits per heavy atom. The van der Waals surface area contributed by atoms with Gasteiger partial charge in [-0.1, -0.05) is 17.0 Å². The molecular weight excluding hydrogens is 441 g/mol. The standard InChI is InChI=1S/C22H19F3N4O4/c1-12-9-14(11-27-33-12)21(2,31)6-5-13-3-4-16-15(10-13)20-28-17(19(26)30)18(22(23,24)25)29(20)7-8-32-16/h3-4,9-11,14,31H,7-8H2,1-2H3,(H2,26,30)/t14?,21-/m1/s1. The zero-order chi connectivity index (χ0) is 24.0. The van der Waals surface area contributed by atoms with Crippen LogP contribution in [0.15, 0.2) is 35.2 Å². The minimum absolute atomic E-state index is 0.0633. The highest BCUT2D eigenvalue weighted by Gasteiger charge is 2.42. The van der Waals surface area contributed by atoms with E-state index in [1.165, 1.54) is 19.2 Å². The molecule has 4 rings (SSSR count). The normalized spacial score (nSPS) is 18.8. The van der Waals surface area contributed by atoms with Crippen LogP contribution in [0.4, 0.5) is 13.2 Å². The Kier molecular flexibility index (Phi) is 5.41. The molecule has 0 radical (unpaired) electrons. The number of imidazole rings is 1. The number of hydrogen-bond acceptors (Lipinski definition) is 6. The number of rotatable bonds is 2. The van der Waals surface area contributed by atoms with E-state index in [0.29, 0.717) is 11.3 Å². The van der Waals surface area contributed by atoms with Crippen molar-refractivity contribution in [1.82, 2.24) is 9.55 Å². The third kappa shape index (κ3) is 4.29. The van der Waals surface area contributed by atoms with E-state index in [4.69, 9.17) is 15.3 Å². The Labute approximate surface area is 186 Å². The molecule has 0 spiro atoms. The number of benzene rings is 1. The number of carbonyl (C=O) groups excluding carboxylic acids is 1. The van der Waals surface area contributed by atoms with Crippen LogP contribution in [0.3, 0.4) is 0 Å². The van der Waals surface area contributed by atoms with Crippen LogP contribution in [0.1, 0.15) is 35.6 Å². The van der Waals surface area contributed by atoms with Crippen LogP contribution in [0, 0.1) is 17.8 Å². The van der Waals surface area contributed by atoms with E-state index in [2.05, 4.69) is 22.0 Å². The second-order valence-electron chi connectivity index (χ2n) is 7.75. The Hall–Kier alpha value is -3.78. The topological polar surface area (TPSA) is 112 Å². The number of oxime groups is 1. The molecule has 3 N–H and O–H groups in total. The van der Waals surface area contributed by atoms with Gasteiger partial charge in [0.25, 0.3) is 5.91 Å². The molecule has 11 heteroatoms. The summed E-state index contributed by atoms with van der Waals surface area (Å²) < 4.78 is 47.5. The van der Waals surface area contributed by atoms with E-state index >= 15 is 0 Å². The van der Waals surface area contributed by atoms with Gasteiger partial charge in [-0.2, -0.15) is 13.2 Å². The van der Waals surface area contributed by atoms with E-state index in [9.17, 15) is 23.1 Å². The molecule has 2 aromatic rings. The molecular formula is C22H19F3N4O4. The Morgan fingerprint density at radius 1 is 1.36 bits per heavy atom. The maximum absolute atomic E-state index is 13.7. The Morgan fingerprint density at radius 3 is 2.79 bits per heavy atom. The summed E-state index contributed by atoms with van der Waals surface area (Å²) >= 11 is 0. The van der Waals surface area contributed by atoms with Crippen molar-refractivity contribution >= 4 is 12.1 Å². The van der Waals surface area contributed by atoms with E-state index in [1.807, 2.05) is 0 Å². The van der Waals surface area contributed by atoms with Crippen LogP contribution in [0.2, 0.25) is 0 Å². The summed E-state index contributed by atoms with van der Waals surface area (Å²) in [5.41, 5.74) is 2.22. The number of primary amides is 1. The van der Waals surface area contributed by atoms with Gasteiger partial charge in [-0.25, -0.2) is 4.98 Å². The lowest BCUT2D eigenvalue weighted by Gasteiger charge is -2.24. The first kappa shape index (κ1) is 22.4. The van der Waals surface area contributed by atoms with Gasteiger partial charge in [-0.15, -0.1) is 0 Å². The summed E-state index contributed by atoms with van der Waals surface area (Å²) in [6.45, 7) is 2.96. The monoisotopic (exact) mass is 460 g/mol. The molecule has 3 heterocycles. The van der Waals surface area contributed by atoms with E-state index in [0.717, 1.165) is 4.57 Å². The fraction of sp³-hybridized carbons (Fsp3) is 0.318. The number of fused-ring (bicyclic) bond motifs is 3. The predicted molar refractivity (Wildman–Crippen MR) is 111 cm³/mol. The molecule has 0 saturated carbocycles. The predicted octanol–water partition coefficient (Wildman–Crippen LogP) is 2.70. The molecule has 2 atom stereocenters. The highest BCUT2D eigenvalue weighted by atomic mass is 19.4. The van der Waals surface area contributed by atoms with Gasteiger partial charge in [-0.05, 0) is 38.1 Å². The van der Waals surface area contributed by atoms with Gasteiger partial charge in [0.1, 0.15) is 29.5 Å². The molecule has 1 unspecified atom stereocenters. The largest absolute Gasteiger partial charge is 0.491 e. The van der Waals surface area contributed by atoms with Gasteiger partial charge < -0.3 is 25.0 Å². The highest BCUT2D eigenvalue weighted by molar-refractivity contribution is 5.93. The molecule has 1 aromatic heterocycles. The summed E-state index contributed by atoms with van der Waals surface area (Å²) in [5, 5.41) is 14.5. The summed E-state index contributed by atoms with van der Waals surface area (Å²) in [4.78, 5) is 20.5. The van der Waals surface area contributed by atoms with Gasteiger partial charge in [0, 0.05) is 5.56 Å². The summed E-state index contributed by atoms with van der Waals surface area (Å²) in [5.74, 6) is 4.50. The lowest BCUT2D eigenvalue weighted by molar-refractivity contribution is -0.143. The summed E-state index contributed by atoms with van der Waals surface area (Å²) in [7, 11) is 0. The minimum atomic E-state index is -4.84. The van der Waals surface area contributed by atoms with Crippen molar-refractivity contribution in [3.05, 3.63) is 47.0 Å². The van der Waals surface area contributed by atoms with Gasteiger partial charge in [0.2, 0.25) is 0 Å². The van der Waals surface area contributed by atoms with Crippen LogP contribution in [0.25, 0.3) is 11.4 Å². The first-order valence-corrected chi connectivity index (χ1v) is 9.86. The number of nitrogens with two attached hydrogens (primary N) is 1. The van der Waals surface area contributed by atoms with Crippen LogP contribution in [-0.4, -0.2) is 39.0 Å². The average Bonchev–Trinajstić information content (AvgIpc) is 3.05. The smallest absolute Gasteiger partial charge is 0.433 e. The minimum Gasteiger partial charge on any atom is -0.491 e. The quantitative estimate of drug-likeness (QED) is 0.670. The molecule has 2 aliphatic heterocycles. The van der Waals surface area contributed by atoms with Crippen LogP contribution in [-0.2, 0) is 17.6 Å². The molecule has 33 heavy (non-hydrogen) atoms. The number of ether oxygens (including phenoxy) is 1. The van der Waals surface area contributed by atoms with Crippen LogP contribution in [0.5, 0.6) is 5.75 Å². The zero-order valence-electron chi connectivity index (χ0n) is 17.6. The van der Waals surface area contributed by atoms with Gasteiger partial charge in [0.15, 0.2) is 11.4 Å². The van der Waals surface area contributed by atoms with Gasteiger partial charge >= 0.3 is 6.18 Å². The third-order valence-electron chi connectivity index (χ3n) is 5.20. The lowest BCUT2D eigenvalue weighted by Crippen LogP contribution is -2.34. The average molecular weight is 460 g/mol. The van der Waals surface area contributed by atoms with E-state index < -0.39 is 35.0 Å². The van der Waals surface area contributed by atoms with Crippen molar-refractivity contribution < 1.29 is 32.6 Å². The van der Waals surface area contributed by atoms with Gasteiger partial charge in [-0.3, -0.25) is 4.79 Å². The molecule has 2 aliphatic rings. The van der Waals surface area contributed by atoms with Crippen molar-refractivity contribution in [2.24, 2.45) is 16.8 Å². The van der Waals surface area contributed by atoms with Crippen molar-refractivity contribution in [3.63, 3.8) is 0 Å². The Balaban J connectivity index is 1.78. The summed E-state index contributed by atoms with van der Waals surface area (Å²) in [6, 6.07) is 4.65. The fourth-order valence-corrected chi connectivity index (χ4v) is 3.59. The third-order valence-corrected chi connectivity index (χ3v) is 5.20. The first-order chi connectivity index (χ1) is 15.5. The SMILES string of the molecule is CC1=CC([C@](C)(O)C#Cc2ccc3c(c2)-c2nc(C(N)=O)c(C(F)(F)F)n2CCO3)C=NO1. The summed E-state index contributed by atoms with van der Waals surface area (Å²) in [6.07, 6.45) is -1.74. The first-order valence-electron chi connectivity index (χ1n) is 9.86. The molecule has 1 amide bonds. The van der Waals surface area contributed by atoms with Crippen molar-refractivity contribution in [1.29, 1.82) is 0 Å². The Bertz CT molecular complexity index is 1250. The fourth-order valence-electron chi connectivity index (χ4n) is 3.59. The number of allylic oxidation sites excluding steroid dienone is 1. The van der Waals surface area contributed by atoms with Crippen molar-refractivity contribution in [3.8, 4) is 29.0 Å². The number of nitrogens with zero attached hydrogens (tertiary/aromatic N) is 3. The molecule has 8 nitrogen and oxygen atoms in total. The van der Waals surface area contributed by atoms with Crippen LogP contribution < -0.4 is 10.5 Å². The van der Waals surface area contributed by atoms with Gasteiger partial charge in [0.05, 0.1) is 24.2 Å². The molecule has 0 bridgehead atoms. The molecule has 1 aromatic carbocycles. The lowest BCUT2D eigenvalue weighted by atomic mass is 9.89. The number of carbonyl (C=O) groups is 1. The van der Waals surface area contributed by atoms with E-state index in [-0.39, 0.29) is 30.3 Å². The second-order valence-corrected chi connectivity index (χ2v) is 7.75. The van der Waals surface area contributed by atoms with Crippen molar-refractivity contribution in [2.75, 3.05) is 6.61 Å². The molecule has 0 saturated heterocycles. The number of aliphatic hydroxyl groups is 1. The molecule has 172 valence electrons. The number of hydrogen-bond donors (Lipinski definition) is 2. The number of aromatic nitrogens is 2. The highest BCUT2D eigenvalue weighted by Crippen LogP contribution is 2.39. The number of amides is 1. The molecule has 0 aliphatic carbocycles. The zero-order valence-corrected chi connectivity index (χ0v) is 17.6. The number of alkyl halides is 3. The second kappa shape index (κ2) is 7.97. The van der Waals surface area contributed by atoms with Crippen LogP contribution >= 0.6 is 0 Å². The maximum Gasteiger partial charge on any atom is 0.433 e. The van der Waals surface area contributed by atoms with E-state index in [1.54, 1.807) is 25.1 Å².